The maximum absolute atomic E-state index is 12.4. The van der Waals surface area contributed by atoms with Gasteiger partial charge in [0, 0.05) is 5.56 Å². The van der Waals surface area contributed by atoms with Gasteiger partial charge in [0.25, 0.3) is 5.52 Å². The van der Waals surface area contributed by atoms with Crippen molar-refractivity contribution in [2.45, 2.75) is 20.8 Å². The van der Waals surface area contributed by atoms with Gasteiger partial charge in [-0.25, -0.2) is 4.57 Å². The van der Waals surface area contributed by atoms with E-state index >= 15 is 0 Å². The fourth-order valence-electron chi connectivity index (χ4n) is 2.32. The SMILES string of the molecule is Cc1cc(C)c(C(=O)P(=O)(O)Oc2ccccc2)c(C)c1. The summed E-state index contributed by atoms with van der Waals surface area (Å²) in [6.45, 7) is 5.40. The quantitative estimate of drug-likeness (QED) is 0.867. The molecule has 2 aromatic rings. The first-order chi connectivity index (χ1) is 9.81. The van der Waals surface area contributed by atoms with E-state index in [4.69, 9.17) is 4.52 Å². The molecule has 2 rings (SSSR count). The molecule has 0 aliphatic heterocycles. The van der Waals surface area contributed by atoms with E-state index in [0.29, 0.717) is 11.1 Å². The molecule has 0 heterocycles. The molecule has 110 valence electrons. The summed E-state index contributed by atoms with van der Waals surface area (Å²) in [6, 6.07) is 11.8. The van der Waals surface area contributed by atoms with Crippen molar-refractivity contribution < 1.29 is 18.8 Å². The Kier molecular flexibility index (Phi) is 4.31. The standard InChI is InChI=1S/C16H17O4P/c1-11-9-12(2)15(13(3)10-11)16(17)21(18,19)20-14-7-5-4-6-8-14/h4-10H,1-3H3,(H,18,19). The second-order valence-corrected chi connectivity index (χ2v) is 6.63. The van der Waals surface area contributed by atoms with Crippen LogP contribution in [0.5, 0.6) is 5.75 Å². The Bertz CT molecular complexity index is 699. The van der Waals surface area contributed by atoms with Crippen LogP contribution in [0, 0.1) is 20.8 Å². The topological polar surface area (TPSA) is 63.6 Å². The number of aryl methyl sites for hydroxylation is 3. The molecule has 1 unspecified atom stereocenters. The van der Waals surface area contributed by atoms with E-state index in [2.05, 4.69) is 0 Å². The Morgan fingerprint density at radius 1 is 1.05 bits per heavy atom. The summed E-state index contributed by atoms with van der Waals surface area (Å²) in [5.74, 6) is 0.194. The summed E-state index contributed by atoms with van der Waals surface area (Å²) in [4.78, 5) is 22.4. The van der Waals surface area contributed by atoms with Gasteiger partial charge in [-0.15, -0.1) is 0 Å². The van der Waals surface area contributed by atoms with E-state index in [1.807, 2.05) is 19.1 Å². The maximum atomic E-state index is 12.4. The first-order valence-corrected chi connectivity index (χ1v) is 8.09. The van der Waals surface area contributed by atoms with Crippen molar-refractivity contribution >= 4 is 13.1 Å². The largest absolute Gasteiger partial charge is 0.448 e. The summed E-state index contributed by atoms with van der Waals surface area (Å²) < 4.78 is 17.3. The molecule has 0 spiro atoms. The minimum Gasteiger partial charge on any atom is -0.419 e. The second-order valence-electron chi connectivity index (χ2n) is 5.00. The molecule has 1 N–H and O–H groups in total. The van der Waals surface area contributed by atoms with Crippen molar-refractivity contribution in [1.82, 2.24) is 0 Å². The van der Waals surface area contributed by atoms with Gasteiger partial charge in [-0.1, -0.05) is 35.9 Å². The van der Waals surface area contributed by atoms with Crippen LogP contribution < -0.4 is 4.52 Å². The van der Waals surface area contributed by atoms with Gasteiger partial charge in [0.1, 0.15) is 5.75 Å². The van der Waals surface area contributed by atoms with Gasteiger partial charge in [0.05, 0.1) is 0 Å². The maximum Gasteiger partial charge on any atom is 0.448 e. The summed E-state index contributed by atoms with van der Waals surface area (Å²) in [7, 11) is -4.44. The number of hydrogen-bond acceptors (Lipinski definition) is 3. The molecule has 0 saturated carbocycles. The molecule has 0 aromatic heterocycles. The lowest BCUT2D eigenvalue weighted by Crippen LogP contribution is -2.09. The number of para-hydroxylation sites is 1. The number of carbonyl (C=O) groups is 1. The zero-order valence-corrected chi connectivity index (χ0v) is 13.1. The van der Waals surface area contributed by atoms with E-state index in [9.17, 15) is 14.3 Å². The van der Waals surface area contributed by atoms with E-state index in [0.717, 1.165) is 5.56 Å². The number of rotatable bonds is 4. The third-order valence-corrected chi connectivity index (χ3v) is 4.32. The molecular formula is C16H17O4P. The molecule has 0 bridgehead atoms. The Balaban J connectivity index is 2.37. The second kappa shape index (κ2) is 5.84. The van der Waals surface area contributed by atoms with Crippen molar-refractivity contribution in [3.05, 3.63) is 64.7 Å². The van der Waals surface area contributed by atoms with Crippen molar-refractivity contribution in [1.29, 1.82) is 0 Å². The van der Waals surface area contributed by atoms with Crippen molar-refractivity contribution in [2.24, 2.45) is 0 Å². The van der Waals surface area contributed by atoms with Gasteiger partial charge in [-0.2, -0.15) is 0 Å². The monoisotopic (exact) mass is 304 g/mol. The highest BCUT2D eigenvalue weighted by atomic mass is 31.2. The van der Waals surface area contributed by atoms with Crippen LogP contribution in [0.3, 0.4) is 0 Å². The fourth-order valence-corrected chi connectivity index (χ4v) is 3.45. The van der Waals surface area contributed by atoms with Gasteiger partial charge in [0.2, 0.25) is 0 Å². The van der Waals surface area contributed by atoms with Crippen LogP contribution in [0.1, 0.15) is 27.0 Å². The Morgan fingerprint density at radius 3 is 2.10 bits per heavy atom. The van der Waals surface area contributed by atoms with Crippen LogP contribution in [0.15, 0.2) is 42.5 Å². The highest BCUT2D eigenvalue weighted by Crippen LogP contribution is 2.47. The average molecular weight is 304 g/mol. The van der Waals surface area contributed by atoms with Crippen molar-refractivity contribution in [3.63, 3.8) is 0 Å². The summed E-state index contributed by atoms with van der Waals surface area (Å²) in [6.07, 6.45) is 0. The van der Waals surface area contributed by atoms with Crippen LogP contribution >= 0.6 is 7.60 Å². The minimum absolute atomic E-state index is 0.194. The molecule has 2 aromatic carbocycles. The van der Waals surface area contributed by atoms with E-state index in [1.165, 1.54) is 12.1 Å². The molecule has 21 heavy (non-hydrogen) atoms. The average Bonchev–Trinajstić information content (AvgIpc) is 2.38. The lowest BCUT2D eigenvalue weighted by molar-refractivity contribution is 0.104. The highest BCUT2D eigenvalue weighted by Gasteiger charge is 2.35. The van der Waals surface area contributed by atoms with Crippen LogP contribution in [0.25, 0.3) is 0 Å². The zero-order valence-electron chi connectivity index (χ0n) is 12.2. The zero-order chi connectivity index (χ0) is 15.6. The van der Waals surface area contributed by atoms with Gasteiger partial charge in [-0.05, 0) is 44.0 Å². The number of benzene rings is 2. The smallest absolute Gasteiger partial charge is 0.419 e. The molecule has 0 aliphatic rings. The van der Waals surface area contributed by atoms with Crippen LogP contribution in [-0.4, -0.2) is 10.4 Å². The Labute approximate surface area is 123 Å². The molecule has 5 heteroatoms. The molecule has 4 nitrogen and oxygen atoms in total. The van der Waals surface area contributed by atoms with Crippen LogP contribution in [0.4, 0.5) is 0 Å². The van der Waals surface area contributed by atoms with Gasteiger partial charge >= 0.3 is 7.60 Å². The molecule has 0 aliphatic carbocycles. The number of hydrogen-bond donors (Lipinski definition) is 1. The van der Waals surface area contributed by atoms with E-state index in [1.54, 1.807) is 32.0 Å². The highest BCUT2D eigenvalue weighted by molar-refractivity contribution is 7.72. The summed E-state index contributed by atoms with van der Waals surface area (Å²) in [5, 5.41) is 0. The first-order valence-electron chi connectivity index (χ1n) is 6.51. The van der Waals surface area contributed by atoms with Crippen LogP contribution in [-0.2, 0) is 4.57 Å². The molecule has 1 atom stereocenters. The van der Waals surface area contributed by atoms with Crippen LogP contribution in [0.2, 0.25) is 0 Å². The lowest BCUT2D eigenvalue weighted by atomic mass is 10.0. The third-order valence-electron chi connectivity index (χ3n) is 3.12. The Morgan fingerprint density at radius 2 is 1.57 bits per heavy atom. The molecule has 0 saturated heterocycles. The molecule has 0 amide bonds. The molecule has 0 radical (unpaired) electrons. The van der Waals surface area contributed by atoms with Crippen molar-refractivity contribution in [2.75, 3.05) is 0 Å². The van der Waals surface area contributed by atoms with Gasteiger partial charge < -0.3 is 9.42 Å². The predicted molar refractivity (Wildman–Crippen MR) is 81.9 cm³/mol. The first kappa shape index (κ1) is 15.5. The summed E-state index contributed by atoms with van der Waals surface area (Å²) in [5.41, 5.74) is 1.72. The normalized spacial score (nSPS) is 13.5. The number of carbonyl (C=O) groups excluding carboxylic acids is 1. The lowest BCUT2D eigenvalue weighted by Gasteiger charge is -2.15. The van der Waals surface area contributed by atoms with E-state index < -0.39 is 13.1 Å². The fraction of sp³-hybridized carbons (Fsp3) is 0.188. The van der Waals surface area contributed by atoms with E-state index in [-0.39, 0.29) is 11.3 Å². The third kappa shape index (κ3) is 3.41. The Hall–Kier alpha value is -1.90. The van der Waals surface area contributed by atoms with Gasteiger partial charge in [0.15, 0.2) is 0 Å². The molecule has 0 fully saturated rings. The minimum atomic E-state index is -4.44. The summed E-state index contributed by atoms with van der Waals surface area (Å²) >= 11 is 0. The van der Waals surface area contributed by atoms with Gasteiger partial charge in [-0.3, -0.25) is 4.79 Å². The van der Waals surface area contributed by atoms with Crippen molar-refractivity contribution in [3.8, 4) is 5.75 Å². The predicted octanol–water partition coefficient (Wildman–Crippen LogP) is 4.02. The molecular weight excluding hydrogens is 287 g/mol.